The number of amidine groups is 1. The highest BCUT2D eigenvalue weighted by Gasteiger charge is 2.19. The highest BCUT2D eigenvalue weighted by atomic mass is 35.5. The molecular formula is C26H31ClF2N4. The summed E-state index contributed by atoms with van der Waals surface area (Å²) >= 11 is 6.32. The molecule has 0 heterocycles. The summed E-state index contributed by atoms with van der Waals surface area (Å²) in [5, 5.41) is 6.89. The lowest BCUT2D eigenvalue weighted by Crippen LogP contribution is -2.27. The van der Waals surface area contributed by atoms with Crippen molar-refractivity contribution in [3.05, 3.63) is 82.0 Å². The van der Waals surface area contributed by atoms with Crippen LogP contribution in [-0.4, -0.2) is 12.4 Å². The van der Waals surface area contributed by atoms with Crippen molar-refractivity contribution in [2.75, 3.05) is 11.9 Å². The molecule has 0 saturated carbocycles. The molecule has 176 valence electrons. The van der Waals surface area contributed by atoms with Crippen molar-refractivity contribution in [1.29, 1.82) is 0 Å². The minimum atomic E-state index is -0.671. The Kier molecular flexibility index (Phi) is 8.89. The Labute approximate surface area is 199 Å². The van der Waals surface area contributed by atoms with Crippen molar-refractivity contribution < 1.29 is 8.78 Å². The molecule has 1 aliphatic rings. The number of nitrogens with one attached hydrogen (secondary N) is 2. The van der Waals surface area contributed by atoms with Crippen LogP contribution in [0.4, 0.5) is 14.5 Å². The second kappa shape index (κ2) is 11.8. The van der Waals surface area contributed by atoms with Crippen molar-refractivity contribution in [2.24, 2.45) is 10.7 Å². The average Bonchev–Trinajstić information content (AvgIpc) is 3.00. The third-order valence-electron chi connectivity index (χ3n) is 5.61. The molecule has 4 N–H and O–H groups in total. The van der Waals surface area contributed by atoms with Gasteiger partial charge < -0.3 is 16.4 Å². The summed E-state index contributed by atoms with van der Waals surface area (Å²) in [4.78, 5) is 4.79. The summed E-state index contributed by atoms with van der Waals surface area (Å²) in [7, 11) is 0. The first-order chi connectivity index (χ1) is 15.9. The van der Waals surface area contributed by atoms with Gasteiger partial charge in [-0.05, 0) is 49.8 Å². The first-order valence-corrected chi connectivity index (χ1v) is 11.7. The smallest absolute Gasteiger partial charge is 0.149 e. The SMILES string of the molecule is C=C(NC(=NCc1ccccc1Cl)C1=C(N)CCCCC1)c1cc(F)cc(F)c1NCCC. The Bertz CT molecular complexity index is 1060. The number of rotatable bonds is 8. The van der Waals surface area contributed by atoms with Crippen LogP contribution in [0.25, 0.3) is 5.70 Å². The van der Waals surface area contributed by atoms with Crippen LogP contribution in [0.3, 0.4) is 0 Å². The van der Waals surface area contributed by atoms with Crippen molar-refractivity contribution in [3.63, 3.8) is 0 Å². The lowest BCUT2D eigenvalue weighted by Gasteiger charge is -2.20. The molecule has 0 spiro atoms. The molecule has 1 aliphatic carbocycles. The molecule has 0 bridgehead atoms. The molecule has 0 atom stereocenters. The van der Waals surface area contributed by atoms with E-state index in [1.54, 1.807) is 0 Å². The van der Waals surface area contributed by atoms with Crippen molar-refractivity contribution in [3.8, 4) is 0 Å². The molecule has 2 aromatic carbocycles. The van der Waals surface area contributed by atoms with Gasteiger partial charge in [0.05, 0.1) is 12.2 Å². The number of nitrogens with zero attached hydrogens (tertiary/aromatic N) is 1. The fourth-order valence-electron chi connectivity index (χ4n) is 3.83. The Hall–Kier alpha value is -2.86. The monoisotopic (exact) mass is 472 g/mol. The lowest BCUT2D eigenvalue weighted by atomic mass is 10.1. The van der Waals surface area contributed by atoms with Crippen LogP contribution >= 0.6 is 11.6 Å². The van der Waals surface area contributed by atoms with Crippen LogP contribution in [0.1, 0.15) is 56.6 Å². The third kappa shape index (κ3) is 6.57. The summed E-state index contributed by atoms with van der Waals surface area (Å²) in [6.07, 6.45) is 5.45. The normalized spacial score (nSPS) is 14.7. The molecule has 0 saturated heterocycles. The lowest BCUT2D eigenvalue weighted by molar-refractivity contribution is 0.584. The second-order valence-corrected chi connectivity index (χ2v) is 8.57. The van der Waals surface area contributed by atoms with E-state index in [1.165, 1.54) is 6.07 Å². The first-order valence-electron chi connectivity index (χ1n) is 11.4. The van der Waals surface area contributed by atoms with E-state index in [-0.39, 0.29) is 5.69 Å². The summed E-state index contributed by atoms with van der Waals surface area (Å²) < 4.78 is 28.7. The van der Waals surface area contributed by atoms with Gasteiger partial charge in [-0.1, -0.05) is 49.7 Å². The Morgan fingerprint density at radius 1 is 1.15 bits per heavy atom. The molecule has 0 amide bonds. The van der Waals surface area contributed by atoms with Gasteiger partial charge in [0.1, 0.15) is 17.5 Å². The van der Waals surface area contributed by atoms with Crippen LogP contribution < -0.4 is 16.4 Å². The topological polar surface area (TPSA) is 62.4 Å². The molecule has 7 heteroatoms. The van der Waals surface area contributed by atoms with Gasteiger partial charge in [-0.3, -0.25) is 4.99 Å². The van der Waals surface area contributed by atoms with E-state index < -0.39 is 11.6 Å². The van der Waals surface area contributed by atoms with E-state index in [0.717, 1.165) is 61.4 Å². The maximum Gasteiger partial charge on any atom is 0.149 e. The average molecular weight is 473 g/mol. The molecule has 4 nitrogen and oxygen atoms in total. The predicted molar refractivity (Wildman–Crippen MR) is 134 cm³/mol. The van der Waals surface area contributed by atoms with Gasteiger partial charge in [0, 0.05) is 40.2 Å². The van der Waals surface area contributed by atoms with E-state index in [0.29, 0.717) is 35.2 Å². The van der Waals surface area contributed by atoms with Crippen molar-refractivity contribution >= 4 is 28.8 Å². The number of benzene rings is 2. The fraction of sp³-hybridized carbons (Fsp3) is 0.346. The van der Waals surface area contributed by atoms with E-state index in [1.807, 2.05) is 31.2 Å². The first kappa shape index (κ1) is 24.8. The zero-order valence-corrected chi connectivity index (χ0v) is 19.7. The summed E-state index contributed by atoms with van der Waals surface area (Å²) in [5.74, 6) is -0.773. The molecular weight excluding hydrogens is 442 g/mol. The van der Waals surface area contributed by atoms with Crippen LogP contribution in [0, 0.1) is 11.6 Å². The maximum absolute atomic E-state index is 14.6. The fourth-order valence-corrected chi connectivity index (χ4v) is 4.02. The number of anilines is 1. The number of halogens is 3. The molecule has 0 radical (unpaired) electrons. The Morgan fingerprint density at radius 2 is 1.91 bits per heavy atom. The number of nitrogens with two attached hydrogens (primary N) is 1. The highest BCUT2D eigenvalue weighted by molar-refractivity contribution is 6.31. The zero-order valence-electron chi connectivity index (χ0n) is 19.0. The van der Waals surface area contributed by atoms with Crippen LogP contribution in [0.5, 0.6) is 0 Å². The minimum absolute atomic E-state index is 0.212. The quantitative estimate of drug-likeness (QED) is 0.293. The van der Waals surface area contributed by atoms with Gasteiger partial charge in [0.15, 0.2) is 0 Å². The standard InChI is InChI=1S/C26H31ClF2N4/c1-3-13-31-25-21(14-19(28)15-23(25)29)17(2)33-26(20-10-5-4-6-12-24(20)30)32-16-18-9-7-8-11-22(18)27/h7-9,11,14-15,31H,2-6,10,12-13,16,30H2,1H3,(H,32,33). The summed E-state index contributed by atoms with van der Waals surface area (Å²) in [5.41, 5.74) is 9.85. The van der Waals surface area contributed by atoms with Gasteiger partial charge in [-0.25, -0.2) is 8.78 Å². The van der Waals surface area contributed by atoms with E-state index >= 15 is 0 Å². The van der Waals surface area contributed by atoms with E-state index in [2.05, 4.69) is 17.2 Å². The second-order valence-electron chi connectivity index (χ2n) is 8.16. The molecule has 2 aromatic rings. The molecule has 3 rings (SSSR count). The summed E-state index contributed by atoms with van der Waals surface area (Å²) in [6, 6.07) is 9.64. The Morgan fingerprint density at radius 3 is 2.67 bits per heavy atom. The van der Waals surface area contributed by atoms with Crippen LogP contribution in [0.2, 0.25) is 5.02 Å². The predicted octanol–water partition coefficient (Wildman–Crippen LogP) is 6.78. The van der Waals surface area contributed by atoms with Crippen molar-refractivity contribution in [2.45, 2.75) is 52.0 Å². The van der Waals surface area contributed by atoms with Crippen LogP contribution in [0.15, 0.2) is 59.2 Å². The van der Waals surface area contributed by atoms with Gasteiger partial charge in [-0.2, -0.15) is 0 Å². The van der Waals surface area contributed by atoms with Crippen LogP contribution in [-0.2, 0) is 6.54 Å². The minimum Gasteiger partial charge on any atom is -0.402 e. The van der Waals surface area contributed by atoms with Gasteiger partial charge in [0.25, 0.3) is 0 Å². The third-order valence-corrected chi connectivity index (χ3v) is 5.98. The van der Waals surface area contributed by atoms with E-state index in [9.17, 15) is 8.78 Å². The molecule has 33 heavy (non-hydrogen) atoms. The number of allylic oxidation sites excluding steroid dienone is 1. The highest BCUT2D eigenvalue weighted by Crippen LogP contribution is 2.28. The zero-order chi connectivity index (χ0) is 23.8. The van der Waals surface area contributed by atoms with Gasteiger partial charge >= 0.3 is 0 Å². The number of hydrogen-bond donors (Lipinski definition) is 3. The molecule has 0 aromatic heterocycles. The van der Waals surface area contributed by atoms with E-state index in [4.69, 9.17) is 22.3 Å². The van der Waals surface area contributed by atoms with Crippen molar-refractivity contribution in [1.82, 2.24) is 5.32 Å². The maximum atomic E-state index is 14.6. The Balaban J connectivity index is 1.97. The van der Waals surface area contributed by atoms with Gasteiger partial charge in [-0.15, -0.1) is 0 Å². The largest absolute Gasteiger partial charge is 0.402 e. The van der Waals surface area contributed by atoms with Gasteiger partial charge in [0.2, 0.25) is 0 Å². The molecule has 0 unspecified atom stereocenters. The number of hydrogen-bond acceptors (Lipinski definition) is 3. The molecule has 0 fully saturated rings. The molecule has 0 aliphatic heterocycles. The summed E-state index contributed by atoms with van der Waals surface area (Å²) in [6.45, 7) is 6.94. The number of aliphatic imine (C=N–C) groups is 1.